The van der Waals surface area contributed by atoms with Crippen LogP contribution in [0, 0.1) is 27.7 Å². The van der Waals surface area contributed by atoms with Gasteiger partial charge in [0.25, 0.3) is 11.8 Å². The van der Waals surface area contributed by atoms with E-state index in [4.69, 9.17) is 21.4 Å². The summed E-state index contributed by atoms with van der Waals surface area (Å²) in [5.41, 5.74) is 33.1. The Morgan fingerprint density at radius 1 is 0.389 bits per heavy atom. The number of amides is 2. The normalized spacial score (nSPS) is 11.1. The summed E-state index contributed by atoms with van der Waals surface area (Å²) in [7, 11) is 0. The number of rotatable bonds is 8. The Hall–Kier alpha value is -8.70. The van der Waals surface area contributed by atoms with E-state index in [0.717, 1.165) is 100 Å². The quantitative estimate of drug-likeness (QED) is 0.0851. The fourth-order valence-corrected chi connectivity index (χ4v) is 9.20. The number of carbonyl (C=O) groups is 2. The van der Waals surface area contributed by atoms with Gasteiger partial charge in [-0.15, -0.1) is 9.13 Å². The molecule has 2 aromatic heterocycles. The van der Waals surface area contributed by atoms with Crippen LogP contribution in [0.25, 0.3) is 77.8 Å². The lowest BCUT2D eigenvalue weighted by molar-refractivity contribution is -0.538. The molecule has 72 heavy (non-hydrogen) atoms. The van der Waals surface area contributed by atoms with Crippen molar-refractivity contribution in [2.24, 2.45) is 0 Å². The van der Waals surface area contributed by atoms with Crippen LogP contribution in [0.2, 0.25) is 0 Å². The van der Waals surface area contributed by atoms with Crippen LogP contribution < -0.4 is 56.0 Å². The lowest BCUT2D eigenvalue weighted by Crippen LogP contribution is -3.00. The second-order valence-electron chi connectivity index (χ2n) is 17.9. The fourth-order valence-electron chi connectivity index (χ4n) is 9.20. The van der Waals surface area contributed by atoms with E-state index in [-0.39, 0.29) is 36.6 Å². The fraction of sp³-hybridized carbons (Fsp3) is 0.0667. The van der Waals surface area contributed by atoms with Crippen LogP contribution in [0.15, 0.2) is 182 Å². The van der Waals surface area contributed by atoms with E-state index >= 15 is 0 Å². The van der Waals surface area contributed by atoms with Crippen molar-refractivity contribution in [1.29, 1.82) is 0 Å². The third-order valence-electron chi connectivity index (χ3n) is 13.2. The Morgan fingerprint density at radius 2 is 0.681 bits per heavy atom. The van der Waals surface area contributed by atoms with Crippen molar-refractivity contribution >= 4 is 78.7 Å². The zero-order chi connectivity index (χ0) is 48.2. The average molecular weight is 984 g/mol. The standard InChI is InChI=1S/C60H46N8O2.2ClH/c1-35-27-51-55(31-47(35)61)67(45-11-7-5-8-12-45)57-33-49(37(3)29-53(57)63-51)65-59(69)43-23-19-41(20-24-43)39-15-17-40(18-16-39)42-21-25-44(26-22-42)60(70)66-50-34-58-54(30-38(50)4)64-52-28-36(2)48(62)32-56(52)68(58)46-13-9-6-10-14-46;;/h5-34H,1-4H3,(H4,61,62,65,66,69,70);2*1H. The van der Waals surface area contributed by atoms with Gasteiger partial charge in [0.2, 0.25) is 33.4 Å². The van der Waals surface area contributed by atoms with E-state index < -0.39 is 0 Å². The SMILES string of the molecule is Cc1cc2nc3cc(C)c(NC(=O)c4ccc(-c5ccc(-c6ccc(C(=O)Nc7cc8c(cc7C)nc7cc(C)c(N)cc7[n+]8-c7ccccc7)cc6)cc5)cc4)cc3[n+](-c3ccccc3)c2cc1N.[Cl-].[Cl-]. The minimum Gasteiger partial charge on any atom is -1.00 e. The maximum Gasteiger partial charge on any atom is 0.255 e. The second kappa shape index (κ2) is 19.6. The molecule has 11 aromatic rings. The third kappa shape index (κ3) is 9.01. The molecular weight excluding hydrogens is 936 g/mol. The molecule has 6 N–H and O–H groups in total. The van der Waals surface area contributed by atoms with Crippen molar-refractivity contribution in [1.82, 2.24) is 9.97 Å². The number of fused-ring (bicyclic) bond motifs is 4. The highest BCUT2D eigenvalue weighted by Gasteiger charge is 2.25. The minimum atomic E-state index is -0.211. The molecule has 2 amide bonds. The topological polar surface area (TPSA) is 144 Å². The van der Waals surface area contributed by atoms with Crippen LogP contribution in [0.4, 0.5) is 22.7 Å². The van der Waals surface area contributed by atoms with Crippen LogP contribution in [0.1, 0.15) is 43.0 Å². The number of benzene rings is 9. The van der Waals surface area contributed by atoms with Crippen LogP contribution in [-0.2, 0) is 0 Å². The summed E-state index contributed by atoms with van der Waals surface area (Å²) in [6, 6.07) is 59.6. The highest BCUT2D eigenvalue weighted by Crippen LogP contribution is 2.31. The Labute approximate surface area is 428 Å². The molecule has 9 aromatic carbocycles. The molecule has 0 unspecified atom stereocenters. The Morgan fingerprint density at radius 3 is 1.01 bits per heavy atom. The van der Waals surface area contributed by atoms with E-state index in [9.17, 15) is 9.59 Å². The molecule has 0 aliphatic carbocycles. The highest BCUT2D eigenvalue weighted by molar-refractivity contribution is 6.07. The average Bonchev–Trinajstić information content (AvgIpc) is 3.37. The van der Waals surface area contributed by atoms with Gasteiger partial charge in [-0.3, -0.25) is 9.59 Å². The lowest BCUT2D eigenvalue weighted by atomic mass is 9.99. The first-order valence-electron chi connectivity index (χ1n) is 23.1. The number of carbonyl (C=O) groups excluding carboxylic acids is 2. The summed E-state index contributed by atoms with van der Waals surface area (Å²) in [4.78, 5) is 37.5. The van der Waals surface area contributed by atoms with Gasteiger partial charge in [-0.2, -0.15) is 0 Å². The molecule has 0 saturated heterocycles. The van der Waals surface area contributed by atoms with E-state index in [1.807, 2.05) is 161 Å². The molecule has 0 atom stereocenters. The smallest absolute Gasteiger partial charge is 0.255 e. The zero-order valence-electron chi connectivity index (χ0n) is 39.8. The summed E-state index contributed by atoms with van der Waals surface area (Å²) in [5.74, 6) is -0.422. The van der Waals surface area contributed by atoms with Gasteiger partial charge in [0, 0.05) is 71.0 Å². The van der Waals surface area contributed by atoms with Crippen molar-refractivity contribution in [2.45, 2.75) is 27.7 Å². The number of hydrogen-bond donors (Lipinski definition) is 4. The van der Waals surface area contributed by atoms with Gasteiger partial charge < -0.3 is 46.9 Å². The number of hydrogen-bond acceptors (Lipinski definition) is 6. The number of anilines is 4. The van der Waals surface area contributed by atoms with Gasteiger partial charge in [0.05, 0.1) is 11.4 Å². The molecule has 0 aliphatic heterocycles. The molecule has 0 saturated carbocycles. The molecule has 0 bridgehead atoms. The van der Waals surface area contributed by atoms with Crippen molar-refractivity contribution in [3.8, 4) is 33.6 Å². The first kappa shape index (κ1) is 48.3. The summed E-state index contributed by atoms with van der Waals surface area (Å²) in [6.45, 7) is 7.93. The predicted molar refractivity (Wildman–Crippen MR) is 283 cm³/mol. The number of para-hydroxylation sites is 2. The van der Waals surface area contributed by atoms with Gasteiger partial charge in [-0.05, 0) is 121 Å². The first-order valence-corrected chi connectivity index (χ1v) is 23.1. The maximum absolute atomic E-state index is 13.8. The molecule has 0 fully saturated rings. The molecule has 12 heteroatoms. The molecule has 10 nitrogen and oxygen atoms in total. The number of nitrogens with zero attached hydrogens (tertiary/aromatic N) is 4. The van der Waals surface area contributed by atoms with Gasteiger partial charge in [0.15, 0.2) is 0 Å². The number of halogens is 2. The largest absolute Gasteiger partial charge is 1.00 e. The molecule has 0 spiro atoms. The monoisotopic (exact) mass is 982 g/mol. The molecule has 354 valence electrons. The van der Waals surface area contributed by atoms with E-state index in [0.29, 0.717) is 33.9 Å². The Balaban J connectivity index is 0.00000320. The number of nitrogens with two attached hydrogens (primary N) is 2. The van der Waals surface area contributed by atoms with Crippen molar-refractivity contribution in [3.05, 3.63) is 215 Å². The lowest BCUT2D eigenvalue weighted by Gasteiger charge is -2.12. The second-order valence-corrected chi connectivity index (χ2v) is 17.9. The number of aryl methyl sites for hydroxylation is 4. The minimum absolute atomic E-state index is 0. The molecule has 2 heterocycles. The van der Waals surface area contributed by atoms with Gasteiger partial charge >= 0.3 is 0 Å². The Bertz CT molecular complexity index is 3650. The van der Waals surface area contributed by atoms with Crippen LogP contribution in [0.3, 0.4) is 0 Å². The highest BCUT2D eigenvalue weighted by atomic mass is 35.5. The third-order valence-corrected chi connectivity index (χ3v) is 13.2. The van der Waals surface area contributed by atoms with Crippen molar-refractivity contribution in [3.63, 3.8) is 0 Å². The molecule has 11 rings (SSSR count). The molecule has 0 aliphatic rings. The van der Waals surface area contributed by atoms with E-state index in [1.165, 1.54) is 0 Å². The van der Waals surface area contributed by atoms with E-state index in [1.54, 1.807) is 0 Å². The van der Waals surface area contributed by atoms with Crippen LogP contribution in [-0.4, -0.2) is 21.8 Å². The van der Waals surface area contributed by atoms with Gasteiger partial charge in [-0.1, -0.05) is 84.9 Å². The van der Waals surface area contributed by atoms with Gasteiger partial charge in [0.1, 0.15) is 22.1 Å². The molecule has 0 radical (unpaired) electrons. The molecular formula is C60H48Cl2N8O2. The summed E-state index contributed by atoms with van der Waals surface area (Å²) < 4.78 is 4.28. The predicted octanol–water partition coefficient (Wildman–Crippen LogP) is 5.89. The summed E-state index contributed by atoms with van der Waals surface area (Å²) in [6.07, 6.45) is 0. The van der Waals surface area contributed by atoms with Gasteiger partial charge in [-0.25, -0.2) is 9.97 Å². The van der Waals surface area contributed by atoms with Crippen molar-refractivity contribution < 1.29 is 43.5 Å². The number of aromatic nitrogens is 4. The summed E-state index contributed by atoms with van der Waals surface area (Å²) in [5, 5.41) is 6.32. The Kier molecular flexibility index (Phi) is 13.2. The summed E-state index contributed by atoms with van der Waals surface area (Å²) >= 11 is 0. The number of nitrogen functional groups attached to an aromatic ring is 2. The first-order chi connectivity index (χ1) is 33.9. The van der Waals surface area contributed by atoms with Crippen LogP contribution in [0.5, 0.6) is 0 Å². The van der Waals surface area contributed by atoms with Crippen molar-refractivity contribution in [2.75, 3.05) is 22.1 Å². The zero-order valence-corrected chi connectivity index (χ0v) is 41.3. The van der Waals surface area contributed by atoms with E-state index in [2.05, 4.69) is 68.3 Å². The number of nitrogens with one attached hydrogen (secondary N) is 2. The maximum atomic E-state index is 13.8. The van der Waals surface area contributed by atoms with Crippen LogP contribution >= 0.6 is 0 Å².